The van der Waals surface area contributed by atoms with Gasteiger partial charge in [0.05, 0.1) is 24.8 Å². The highest BCUT2D eigenvalue weighted by atomic mass is 16.8. The molecule has 1 saturated heterocycles. The number of oxime groups is 1. The maximum absolute atomic E-state index is 14.8. The van der Waals surface area contributed by atoms with Crippen molar-refractivity contribution < 1.29 is 38.8 Å². The summed E-state index contributed by atoms with van der Waals surface area (Å²) in [5.41, 5.74) is 5.26. The number of benzene rings is 2. The third kappa shape index (κ3) is 10.4. The second kappa shape index (κ2) is 21.6. The summed E-state index contributed by atoms with van der Waals surface area (Å²) in [6, 6.07) is 11.8. The number of aryl methyl sites for hydroxylation is 2. The SMILES string of the molecule is C=CCO[C@@]12Oc3ccc(Oc4ccc(C)c(C)c4)cc3[C@H]3[C@H](CCCCO)[C@@H](CCCCO)C=C(C(=NOC4CCCCO4)C[C@@H]1N(CCC)C(=O)CCC1CCCC1)[C@H]32. The molecular weight excluding hydrogens is 769 g/mol. The first-order valence-electron chi connectivity index (χ1n) is 23.7. The summed E-state index contributed by atoms with van der Waals surface area (Å²) >= 11 is 0. The zero-order chi connectivity index (χ0) is 42.8. The number of fused-ring (bicyclic) bond motifs is 2. The van der Waals surface area contributed by atoms with E-state index >= 15 is 0 Å². The Morgan fingerprint density at radius 3 is 2.43 bits per heavy atom. The molecule has 5 aliphatic rings. The summed E-state index contributed by atoms with van der Waals surface area (Å²) < 4.78 is 27.3. The molecule has 1 amide bonds. The molecule has 2 aromatic rings. The normalized spacial score (nSPS) is 27.8. The molecule has 2 saturated carbocycles. The van der Waals surface area contributed by atoms with Gasteiger partial charge in [0.15, 0.2) is 0 Å². The van der Waals surface area contributed by atoms with E-state index in [9.17, 15) is 15.0 Å². The Morgan fingerprint density at radius 2 is 1.70 bits per heavy atom. The second-order valence-corrected chi connectivity index (χ2v) is 18.3. The summed E-state index contributed by atoms with van der Waals surface area (Å²) in [5, 5.41) is 25.0. The Labute approximate surface area is 364 Å². The van der Waals surface area contributed by atoms with Gasteiger partial charge in [-0.15, -0.1) is 6.58 Å². The average Bonchev–Trinajstić information content (AvgIpc) is 3.80. The molecule has 1 unspecified atom stereocenters. The fourth-order valence-corrected chi connectivity index (χ4v) is 11.0. The van der Waals surface area contributed by atoms with E-state index in [4.69, 9.17) is 28.9 Å². The van der Waals surface area contributed by atoms with Crippen LogP contribution in [0.15, 0.2) is 65.9 Å². The van der Waals surface area contributed by atoms with Crippen LogP contribution in [-0.2, 0) is 19.1 Å². The van der Waals surface area contributed by atoms with Gasteiger partial charge < -0.3 is 38.9 Å². The van der Waals surface area contributed by atoms with Gasteiger partial charge in [0.2, 0.25) is 18.0 Å². The molecule has 0 bridgehead atoms. The summed E-state index contributed by atoms with van der Waals surface area (Å²) in [6.07, 6.45) is 18.9. The second-order valence-electron chi connectivity index (χ2n) is 18.3. The van der Waals surface area contributed by atoms with Crippen LogP contribution in [0, 0.1) is 37.5 Å². The van der Waals surface area contributed by atoms with Crippen LogP contribution in [0.25, 0.3) is 0 Å². The topological polar surface area (TPSA) is 119 Å². The van der Waals surface area contributed by atoms with E-state index in [1.807, 2.05) is 18.2 Å². The van der Waals surface area contributed by atoms with Gasteiger partial charge in [-0.2, -0.15) is 0 Å². The minimum Gasteiger partial charge on any atom is -0.459 e. The number of unbranched alkanes of at least 4 members (excludes halogenated alkanes) is 2. The maximum Gasteiger partial charge on any atom is 0.239 e. The van der Waals surface area contributed by atoms with Gasteiger partial charge in [0.25, 0.3) is 0 Å². The smallest absolute Gasteiger partial charge is 0.239 e. The van der Waals surface area contributed by atoms with Gasteiger partial charge in [0.1, 0.15) is 23.3 Å². The van der Waals surface area contributed by atoms with Gasteiger partial charge in [-0.3, -0.25) is 4.79 Å². The predicted octanol–water partition coefficient (Wildman–Crippen LogP) is 10.5. The largest absolute Gasteiger partial charge is 0.459 e. The van der Waals surface area contributed by atoms with E-state index in [0.717, 1.165) is 104 Å². The molecule has 2 N–H and O–H groups in total. The number of hydrogen-bond acceptors (Lipinski definition) is 9. The van der Waals surface area contributed by atoms with Crippen molar-refractivity contribution in [2.45, 2.75) is 154 Å². The highest BCUT2D eigenvalue weighted by Crippen LogP contribution is 2.62. The van der Waals surface area contributed by atoms with E-state index in [1.165, 1.54) is 31.2 Å². The Balaban J connectivity index is 1.40. The van der Waals surface area contributed by atoms with Gasteiger partial charge in [-0.25, -0.2) is 0 Å². The predicted molar refractivity (Wildman–Crippen MR) is 239 cm³/mol. The number of hydrogen-bond donors (Lipinski definition) is 2. The molecule has 7 atom stereocenters. The average molecular weight is 841 g/mol. The number of ether oxygens (including phenoxy) is 4. The van der Waals surface area contributed by atoms with E-state index in [1.54, 1.807) is 6.08 Å². The lowest BCUT2D eigenvalue weighted by Crippen LogP contribution is -2.70. The third-order valence-corrected chi connectivity index (χ3v) is 14.2. The molecule has 10 nitrogen and oxygen atoms in total. The number of carbonyl (C=O) groups is 1. The van der Waals surface area contributed by atoms with Crippen LogP contribution in [0.2, 0.25) is 0 Å². The quantitative estimate of drug-likeness (QED) is 0.0725. The molecule has 2 heterocycles. The van der Waals surface area contributed by atoms with Gasteiger partial charge in [-0.05, 0) is 130 Å². The van der Waals surface area contributed by atoms with Crippen molar-refractivity contribution in [3.8, 4) is 17.2 Å². The van der Waals surface area contributed by atoms with Crippen molar-refractivity contribution in [2.24, 2.45) is 28.8 Å². The van der Waals surface area contributed by atoms with Crippen molar-refractivity contribution >= 4 is 11.6 Å². The highest BCUT2D eigenvalue weighted by Gasteiger charge is 2.65. The van der Waals surface area contributed by atoms with Crippen LogP contribution in [0.1, 0.15) is 139 Å². The molecule has 0 aromatic heterocycles. The number of amides is 1. The minimum atomic E-state index is -1.27. The zero-order valence-electron chi connectivity index (χ0n) is 37.2. The van der Waals surface area contributed by atoms with Crippen molar-refractivity contribution in [2.75, 3.05) is 33.0 Å². The third-order valence-electron chi connectivity index (χ3n) is 14.2. The minimum absolute atomic E-state index is 0.120. The summed E-state index contributed by atoms with van der Waals surface area (Å²) in [6.45, 7) is 12.1. The van der Waals surface area contributed by atoms with Crippen molar-refractivity contribution in [1.29, 1.82) is 0 Å². The number of aliphatic hydroxyl groups is 2. The van der Waals surface area contributed by atoms with Crippen molar-refractivity contribution in [3.63, 3.8) is 0 Å². The molecule has 334 valence electrons. The van der Waals surface area contributed by atoms with E-state index in [0.29, 0.717) is 38.3 Å². The van der Waals surface area contributed by atoms with Crippen LogP contribution in [-0.4, -0.2) is 77.8 Å². The Bertz CT molecular complexity index is 1830. The lowest BCUT2D eigenvalue weighted by atomic mass is 9.55. The van der Waals surface area contributed by atoms with Crippen LogP contribution < -0.4 is 9.47 Å². The van der Waals surface area contributed by atoms with Crippen LogP contribution in [0.5, 0.6) is 17.2 Å². The monoisotopic (exact) mass is 841 g/mol. The molecule has 2 aliphatic heterocycles. The van der Waals surface area contributed by atoms with Gasteiger partial charge in [0, 0.05) is 50.5 Å². The number of aliphatic hydroxyl groups excluding tert-OH is 2. The molecule has 3 fully saturated rings. The van der Waals surface area contributed by atoms with Crippen molar-refractivity contribution in [3.05, 3.63) is 77.4 Å². The molecule has 0 radical (unpaired) electrons. The Hall–Kier alpha value is -3.70. The lowest BCUT2D eigenvalue weighted by molar-refractivity contribution is -0.257. The number of nitrogens with zero attached hydrogens (tertiary/aromatic N) is 2. The number of rotatable bonds is 21. The molecule has 3 aliphatic carbocycles. The Kier molecular flexibility index (Phi) is 16.0. The van der Waals surface area contributed by atoms with E-state index in [-0.39, 0.29) is 49.4 Å². The fraction of sp³-hybridized carbons (Fsp3) is 0.647. The summed E-state index contributed by atoms with van der Waals surface area (Å²) in [4.78, 5) is 23.2. The molecule has 2 aromatic carbocycles. The molecule has 61 heavy (non-hydrogen) atoms. The molecular formula is C51H72N2O8. The highest BCUT2D eigenvalue weighted by molar-refractivity contribution is 6.03. The first-order chi connectivity index (χ1) is 29.8. The first-order valence-corrected chi connectivity index (χ1v) is 23.7. The lowest BCUT2D eigenvalue weighted by Gasteiger charge is -2.60. The van der Waals surface area contributed by atoms with Crippen LogP contribution in [0.4, 0.5) is 0 Å². The summed E-state index contributed by atoms with van der Waals surface area (Å²) in [7, 11) is 0. The fourth-order valence-electron chi connectivity index (χ4n) is 11.0. The first kappa shape index (κ1) is 45.3. The number of carbonyl (C=O) groups excluding carboxylic acids is 1. The van der Waals surface area contributed by atoms with Crippen LogP contribution >= 0.6 is 0 Å². The maximum atomic E-state index is 14.8. The molecule has 0 spiro atoms. The molecule has 7 rings (SSSR count). The summed E-state index contributed by atoms with van der Waals surface area (Å²) in [5.74, 6) is 1.46. The molecule has 10 heteroatoms. The van der Waals surface area contributed by atoms with Gasteiger partial charge in [-0.1, -0.05) is 68.8 Å². The van der Waals surface area contributed by atoms with Crippen LogP contribution in [0.3, 0.4) is 0 Å². The zero-order valence-corrected chi connectivity index (χ0v) is 37.2. The van der Waals surface area contributed by atoms with Crippen molar-refractivity contribution in [1.82, 2.24) is 4.90 Å². The van der Waals surface area contributed by atoms with E-state index < -0.39 is 18.1 Å². The van der Waals surface area contributed by atoms with Gasteiger partial charge >= 0.3 is 0 Å². The van der Waals surface area contributed by atoms with E-state index in [2.05, 4.69) is 56.5 Å². The number of allylic oxidation sites excluding steroid dienone is 1. The standard InChI is InChI=1S/C51H72N2O8/c1-5-26-53(47(56)25-21-37-15-7-8-16-37)46-34-44(52-61-48-19-11-14-30-57-48)42-32-38(17-9-12-27-54)41(18-10-13-28-55)49-43-33-40(59-39-22-20-35(3)36(4)31-39)23-24-45(43)60-51(46,50(42)49)58-29-6-2/h6,20,22-24,31-33,37-38,41,46,48-50,54-55H,2,5,7-19,21,25-30,34H2,1,3-4H3/t38-,41+,46-,48?,49+,50+,51+/m0/s1. The Morgan fingerprint density at radius 1 is 0.951 bits per heavy atom.